The Morgan fingerprint density at radius 2 is 1.96 bits per heavy atom. The monoisotopic (exact) mass is 419 g/mol. The van der Waals surface area contributed by atoms with Crippen LogP contribution in [0.5, 0.6) is 11.5 Å². The Morgan fingerprint density at radius 3 is 2.65 bits per heavy atom. The van der Waals surface area contributed by atoms with Crippen molar-refractivity contribution in [3.8, 4) is 11.5 Å². The van der Waals surface area contributed by atoms with Crippen LogP contribution in [0.1, 0.15) is 23.6 Å². The molecule has 1 aliphatic rings. The van der Waals surface area contributed by atoms with Crippen LogP contribution in [-0.2, 0) is 4.79 Å². The van der Waals surface area contributed by atoms with Crippen molar-refractivity contribution >= 4 is 27.5 Å². The van der Waals surface area contributed by atoms with Crippen molar-refractivity contribution in [3.05, 3.63) is 52.0 Å². The molecule has 138 valence electrons. The Morgan fingerprint density at radius 1 is 1.15 bits per heavy atom. The molecule has 2 unspecified atom stereocenters. The molecule has 3 rings (SSSR count). The van der Waals surface area contributed by atoms with Gasteiger partial charge in [-0.05, 0) is 43.2 Å². The van der Waals surface area contributed by atoms with E-state index in [4.69, 9.17) is 9.47 Å². The van der Waals surface area contributed by atoms with Gasteiger partial charge in [0.15, 0.2) is 0 Å². The molecule has 0 radical (unpaired) electrons. The third kappa shape index (κ3) is 4.00. The lowest BCUT2D eigenvalue weighted by atomic mass is 10.0. The van der Waals surface area contributed by atoms with Crippen LogP contribution in [0.2, 0.25) is 0 Å². The van der Waals surface area contributed by atoms with Gasteiger partial charge in [0.2, 0.25) is 5.91 Å². The maximum absolute atomic E-state index is 12.6. The van der Waals surface area contributed by atoms with Crippen molar-refractivity contribution < 1.29 is 14.3 Å². The zero-order valence-electron chi connectivity index (χ0n) is 14.9. The fraction of sp³-hybridized carbons (Fsp3) is 0.316. The lowest BCUT2D eigenvalue weighted by molar-refractivity contribution is -0.117. The number of amides is 1. The van der Waals surface area contributed by atoms with Crippen LogP contribution in [0.15, 0.2) is 40.9 Å². The molecular weight excluding hydrogens is 398 g/mol. The lowest BCUT2D eigenvalue weighted by Crippen LogP contribution is -2.39. The first-order valence-electron chi connectivity index (χ1n) is 8.32. The van der Waals surface area contributed by atoms with Gasteiger partial charge < -0.3 is 14.8 Å². The highest BCUT2D eigenvalue weighted by molar-refractivity contribution is 9.10. The minimum atomic E-state index is -0.337. The standard InChI is InChI=1S/C19H22BrN3O3/c1-11-8-12(4-7-15(11)20)21-19(24)17-10-16(22-23-17)14-6-5-13(25-2)9-18(14)26-3/h4-9,16-17,22-23H,10H2,1-3H3,(H,21,24). The highest BCUT2D eigenvalue weighted by Crippen LogP contribution is 2.33. The number of hydrogen-bond acceptors (Lipinski definition) is 5. The van der Waals surface area contributed by atoms with Crippen molar-refractivity contribution in [1.29, 1.82) is 0 Å². The summed E-state index contributed by atoms with van der Waals surface area (Å²) in [5.41, 5.74) is 9.09. The van der Waals surface area contributed by atoms with Gasteiger partial charge >= 0.3 is 0 Å². The maximum atomic E-state index is 12.6. The van der Waals surface area contributed by atoms with Crippen LogP contribution >= 0.6 is 15.9 Å². The normalized spacial score (nSPS) is 19.2. The van der Waals surface area contributed by atoms with E-state index in [1.54, 1.807) is 14.2 Å². The molecule has 2 aromatic carbocycles. The van der Waals surface area contributed by atoms with Gasteiger partial charge in [-0.2, -0.15) is 0 Å². The number of benzene rings is 2. The van der Waals surface area contributed by atoms with E-state index in [9.17, 15) is 4.79 Å². The molecule has 7 heteroatoms. The summed E-state index contributed by atoms with van der Waals surface area (Å²) in [5.74, 6) is 1.39. The van der Waals surface area contributed by atoms with Crippen LogP contribution in [0, 0.1) is 6.92 Å². The van der Waals surface area contributed by atoms with Gasteiger partial charge in [-0.25, -0.2) is 10.9 Å². The Labute approximate surface area is 161 Å². The quantitative estimate of drug-likeness (QED) is 0.693. The number of methoxy groups -OCH3 is 2. The van der Waals surface area contributed by atoms with E-state index in [0.717, 1.165) is 32.8 Å². The summed E-state index contributed by atoms with van der Waals surface area (Å²) in [7, 11) is 3.24. The SMILES string of the molecule is COc1ccc(C2CC(C(=O)Nc3ccc(Br)c(C)c3)NN2)c(OC)c1. The summed E-state index contributed by atoms with van der Waals surface area (Å²) in [5, 5.41) is 2.96. The third-order valence-electron chi connectivity index (χ3n) is 4.46. The molecule has 6 nitrogen and oxygen atoms in total. The minimum absolute atomic E-state index is 0.0294. The van der Waals surface area contributed by atoms with Crippen LogP contribution < -0.4 is 25.6 Å². The zero-order chi connectivity index (χ0) is 18.7. The average Bonchev–Trinajstić information content (AvgIpc) is 3.14. The van der Waals surface area contributed by atoms with Crippen LogP contribution in [0.3, 0.4) is 0 Å². The van der Waals surface area contributed by atoms with Crippen molar-refractivity contribution in [2.75, 3.05) is 19.5 Å². The van der Waals surface area contributed by atoms with E-state index in [-0.39, 0.29) is 18.0 Å². The number of aryl methyl sites for hydroxylation is 1. The summed E-state index contributed by atoms with van der Waals surface area (Å²) >= 11 is 3.46. The molecule has 1 saturated heterocycles. The summed E-state index contributed by atoms with van der Waals surface area (Å²) < 4.78 is 11.7. The maximum Gasteiger partial charge on any atom is 0.242 e. The predicted molar refractivity (Wildman–Crippen MR) is 104 cm³/mol. The second kappa shape index (κ2) is 8.07. The Bertz CT molecular complexity index is 813. The topological polar surface area (TPSA) is 71.6 Å². The first-order valence-corrected chi connectivity index (χ1v) is 9.11. The highest BCUT2D eigenvalue weighted by Gasteiger charge is 2.31. The number of carbonyl (C=O) groups is 1. The minimum Gasteiger partial charge on any atom is -0.497 e. The molecule has 1 amide bonds. The lowest BCUT2D eigenvalue weighted by Gasteiger charge is -2.15. The summed E-state index contributed by atoms with van der Waals surface area (Å²) in [6, 6.07) is 11.1. The van der Waals surface area contributed by atoms with E-state index < -0.39 is 0 Å². The number of hydrazine groups is 1. The number of anilines is 1. The average molecular weight is 420 g/mol. The van der Waals surface area contributed by atoms with Crippen LogP contribution in [0.25, 0.3) is 0 Å². The number of carbonyl (C=O) groups excluding carboxylic acids is 1. The third-order valence-corrected chi connectivity index (χ3v) is 5.35. The molecule has 3 N–H and O–H groups in total. The van der Waals surface area contributed by atoms with Crippen molar-refractivity contribution in [2.45, 2.75) is 25.4 Å². The molecule has 0 bridgehead atoms. The molecule has 2 aromatic rings. The summed E-state index contributed by atoms with van der Waals surface area (Å²) in [4.78, 5) is 12.6. The molecule has 1 aliphatic heterocycles. The van der Waals surface area contributed by atoms with Gasteiger partial charge in [-0.1, -0.05) is 22.0 Å². The van der Waals surface area contributed by atoms with Crippen LogP contribution in [-0.4, -0.2) is 26.2 Å². The molecule has 0 aromatic heterocycles. The van der Waals surface area contributed by atoms with Gasteiger partial charge in [-0.15, -0.1) is 0 Å². The van der Waals surface area contributed by atoms with Gasteiger partial charge in [0.25, 0.3) is 0 Å². The van der Waals surface area contributed by atoms with Gasteiger partial charge in [0.1, 0.15) is 17.5 Å². The fourth-order valence-electron chi connectivity index (χ4n) is 2.99. The Balaban J connectivity index is 1.68. The largest absolute Gasteiger partial charge is 0.497 e. The van der Waals surface area contributed by atoms with E-state index in [1.165, 1.54) is 0 Å². The number of rotatable bonds is 5. The number of ether oxygens (including phenoxy) is 2. The van der Waals surface area contributed by atoms with E-state index >= 15 is 0 Å². The first kappa shape index (κ1) is 18.7. The molecule has 1 heterocycles. The molecule has 2 atom stereocenters. The smallest absolute Gasteiger partial charge is 0.242 e. The van der Waals surface area contributed by atoms with Crippen LogP contribution in [0.4, 0.5) is 5.69 Å². The fourth-order valence-corrected chi connectivity index (χ4v) is 3.24. The van der Waals surface area contributed by atoms with Crippen molar-refractivity contribution in [1.82, 2.24) is 10.9 Å². The number of hydrogen-bond donors (Lipinski definition) is 3. The molecule has 0 saturated carbocycles. The van der Waals surface area contributed by atoms with Gasteiger partial charge in [0.05, 0.1) is 20.3 Å². The van der Waals surface area contributed by atoms with Gasteiger partial charge in [0, 0.05) is 21.8 Å². The molecule has 1 fully saturated rings. The first-order chi connectivity index (χ1) is 12.5. The van der Waals surface area contributed by atoms with Crippen molar-refractivity contribution in [2.24, 2.45) is 0 Å². The summed E-state index contributed by atoms with van der Waals surface area (Å²) in [6.07, 6.45) is 0.615. The molecule has 26 heavy (non-hydrogen) atoms. The Hall–Kier alpha value is -2.09. The second-order valence-corrected chi connectivity index (χ2v) is 7.04. The number of nitrogens with one attached hydrogen (secondary N) is 3. The second-order valence-electron chi connectivity index (χ2n) is 6.19. The van der Waals surface area contributed by atoms with E-state index in [2.05, 4.69) is 32.1 Å². The Kier molecular flexibility index (Phi) is 5.80. The molecular formula is C19H22BrN3O3. The highest BCUT2D eigenvalue weighted by atomic mass is 79.9. The van der Waals surface area contributed by atoms with E-state index in [1.807, 2.05) is 43.3 Å². The molecule has 0 spiro atoms. The molecule has 0 aliphatic carbocycles. The number of halogens is 1. The van der Waals surface area contributed by atoms with Gasteiger partial charge in [-0.3, -0.25) is 4.79 Å². The van der Waals surface area contributed by atoms with E-state index in [0.29, 0.717) is 6.42 Å². The zero-order valence-corrected chi connectivity index (χ0v) is 16.5. The van der Waals surface area contributed by atoms with Crippen molar-refractivity contribution in [3.63, 3.8) is 0 Å². The predicted octanol–water partition coefficient (Wildman–Crippen LogP) is 3.32. The summed E-state index contributed by atoms with van der Waals surface area (Å²) in [6.45, 7) is 1.99.